The molecule has 4 nitrogen and oxygen atoms in total. The zero-order valence-corrected chi connectivity index (χ0v) is 15.8. The Kier molecular flexibility index (Phi) is 8.81. The van der Waals surface area contributed by atoms with Gasteiger partial charge in [-0.3, -0.25) is 4.98 Å². The first kappa shape index (κ1) is 20.1. The lowest BCUT2D eigenvalue weighted by molar-refractivity contribution is 0.0690. The van der Waals surface area contributed by atoms with Crippen LogP contribution >= 0.6 is 0 Å². The summed E-state index contributed by atoms with van der Waals surface area (Å²) in [5.41, 5.74) is 2.97. The molecule has 1 aromatic carbocycles. The van der Waals surface area contributed by atoms with Crippen molar-refractivity contribution in [3.63, 3.8) is 0 Å². The number of hydrogen-bond acceptors (Lipinski definition) is 3. The first-order valence-corrected chi connectivity index (χ1v) is 9.85. The third kappa shape index (κ3) is 6.95. The van der Waals surface area contributed by atoms with Crippen LogP contribution in [0.2, 0.25) is 0 Å². The highest BCUT2D eigenvalue weighted by molar-refractivity contribution is 5.85. The minimum Gasteiger partial charge on any atom is -0.476 e. The maximum Gasteiger partial charge on any atom is 0.356 e. The van der Waals surface area contributed by atoms with Crippen molar-refractivity contribution in [3.05, 3.63) is 47.9 Å². The summed E-state index contributed by atoms with van der Waals surface area (Å²) in [7, 11) is 0. The van der Waals surface area contributed by atoms with E-state index in [1.54, 1.807) is 0 Å². The van der Waals surface area contributed by atoms with Gasteiger partial charge in [-0.1, -0.05) is 82.6 Å². The largest absolute Gasteiger partial charge is 0.476 e. The standard InChI is InChI=1S/C22H30N2O2/c1-2-3-4-5-6-7-8-9-10-11-18-12-14-19(15-13-18)20-16-24-21(17-23-20)22(25)26/h12-17H,2-11H2,1H3,(H,25,26). The molecule has 0 atom stereocenters. The van der Waals surface area contributed by atoms with Gasteiger partial charge in [0, 0.05) is 5.56 Å². The molecule has 26 heavy (non-hydrogen) atoms. The van der Waals surface area contributed by atoms with Crippen LogP contribution < -0.4 is 0 Å². The van der Waals surface area contributed by atoms with E-state index in [-0.39, 0.29) is 5.69 Å². The molecular formula is C22H30N2O2. The molecule has 1 N–H and O–H groups in total. The molecule has 0 unspecified atom stereocenters. The Morgan fingerprint density at radius 1 is 0.846 bits per heavy atom. The second-order valence-corrected chi connectivity index (χ2v) is 6.87. The fraction of sp³-hybridized carbons (Fsp3) is 0.500. The number of carboxylic acids is 1. The Hall–Kier alpha value is -2.23. The Morgan fingerprint density at radius 2 is 1.46 bits per heavy atom. The van der Waals surface area contributed by atoms with Crippen molar-refractivity contribution in [2.75, 3.05) is 0 Å². The third-order valence-corrected chi connectivity index (χ3v) is 4.69. The van der Waals surface area contributed by atoms with Crippen molar-refractivity contribution in [1.29, 1.82) is 0 Å². The van der Waals surface area contributed by atoms with E-state index in [0.717, 1.165) is 12.0 Å². The molecule has 0 aliphatic carbocycles. The molecule has 4 heteroatoms. The molecular weight excluding hydrogens is 324 g/mol. The van der Waals surface area contributed by atoms with Crippen molar-refractivity contribution < 1.29 is 9.90 Å². The van der Waals surface area contributed by atoms with Gasteiger partial charge in [-0.25, -0.2) is 9.78 Å². The number of hydrogen-bond donors (Lipinski definition) is 1. The van der Waals surface area contributed by atoms with E-state index in [0.29, 0.717) is 5.69 Å². The Labute approximate surface area is 156 Å². The molecule has 2 rings (SSSR count). The van der Waals surface area contributed by atoms with Gasteiger partial charge in [-0.15, -0.1) is 0 Å². The van der Waals surface area contributed by atoms with Crippen molar-refractivity contribution in [2.24, 2.45) is 0 Å². The average Bonchev–Trinajstić information content (AvgIpc) is 2.67. The number of carboxylic acid groups (broad SMARTS) is 1. The van der Waals surface area contributed by atoms with Gasteiger partial charge >= 0.3 is 5.97 Å². The second kappa shape index (κ2) is 11.4. The van der Waals surface area contributed by atoms with Crippen LogP contribution in [0, 0.1) is 0 Å². The summed E-state index contributed by atoms with van der Waals surface area (Å²) in [6.45, 7) is 2.26. The van der Waals surface area contributed by atoms with Crippen molar-refractivity contribution in [3.8, 4) is 11.3 Å². The first-order chi connectivity index (χ1) is 12.7. The van der Waals surface area contributed by atoms with Gasteiger partial charge in [0.15, 0.2) is 5.69 Å². The lowest BCUT2D eigenvalue weighted by Crippen LogP contribution is -2.01. The number of aryl methyl sites for hydroxylation is 1. The fourth-order valence-corrected chi connectivity index (χ4v) is 3.07. The van der Waals surface area contributed by atoms with E-state index >= 15 is 0 Å². The predicted octanol–water partition coefficient (Wildman–Crippen LogP) is 5.92. The Balaban J connectivity index is 1.68. The van der Waals surface area contributed by atoms with Crippen LogP contribution in [-0.4, -0.2) is 21.0 Å². The van der Waals surface area contributed by atoms with Gasteiger partial charge in [0.05, 0.1) is 18.1 Å². The molecule has 140 valence electrons. The topological polar surface area (TPSA) is 63.1 Å². The summed E-state index contributed by atoms with van der Waals surface area (Å²) in [6, 6.07) is 8.33. The number of rotatable bonds is 12. The van der Waals surface area contributed by atoms with E-state index in [1.165, 1.54) is 75.7 Å². The number of benzene rings is 1. The zero-order valence-electron chi connectivity index (χ0n) is 15.8. The summed E-state index contributed by atoms with van der Waals surface area (Å²) >= 11 is 0. The zero-order chi connectivity index (χ0) is 18.6. The van der Waals surface area contributed by atoms with Crippen LogP contribution in [-0.2, 0) is 6.42 Å². The Morgan fingerprint density at radius 3 is 2.00 bits per heavy atom. The number of nitrogens with zero attached hydrogens (tertiary/aromatic N) is 2. The molecule has 0 spiro atoms. The molecule has 0 saturated carbocycles. The van der Waals surface area contributed by atoms with Gasteiger partial charge in [0.1, 0.15) is 0 Å². The Bertz CT molecular complexity index is 651. The molecule has 0 radical (unpaired) electrons. The van der Waals surface area contributed by atoms with Crippen LogP contribution in [0.25, 0.3) is 11.3 Å². The number of carbonyl (C=O) groups is 1. The van der Waals surface area contributed by atoms with Crippen LogP contribution in [0.3, 0.4) is 0 Å². The van der Waals surface area contributed by atoms with E-state index in [4.69, 9.17) is 5.11 Å². The highest BCUT2D eigenvalue weighted by atomic mass is 16.4. The molecule has 2 aromatic rings. The van der Waals surface area contributed by atoms with E-state index < -0.39 is 5.97 Å². The second-order valence-electron chi connectivity index (χ2n) is 6.87. The van der Waals surface area contributed by atoms with Crippen LogP contribution in [0.5, 0.6) is 0 Å². The highest BCUT2D eigenvalue weighted by Crippen LogP contribution is 2.18. The fourth-order valence-electron chi connectivity index (χ4n) is 3.07. The van der Waals surface area contributed by atoms with Crippen LogP contribution in [0.1, 0.15) is 80.8 Å². The molecule has 0 aliphatic rings. The van der Waals surface area contributed by atoms with Gasteiger partial charge in [0.25, 0.3) is 0 Å². The summed E-state index contributed by atoms with van der Waals surface area (Å²) < 4.78 is 0. The average molecular weight is 354 g/mol. The van der Waals surface area contributed by atoms with Crippen molar-refractivity contribution in [1.82, 2.24) is 9.97 Å². The van der Waals surface area contributed by atoms with Crippen molar-refractivity contribution >= 4 is 5.97 Å². The maximum atomic E-state index is 10.8. The van der Waals surface area contributed by atoms with Gasteiger partial charge in [0.2, 0.25) is 0 Å². The normalized spacial score (nSPS) is 10.8. The molecule has 0 amide bonds. The SMILES string of the molecule is CCCCCCCCCCCc1ccc(-c2cnc(C(=O)O)cn2)cc1. The predicted molar refractivity (Wildman–Crippen MR) is 105 cm³/mol. The molecule has 0 saturated heterocycles. The van der Waals surface area contributed by atoms with Crippen LogP contribution in [0.4, 0.5) is 0 Å². The van der Waals surface area contributed by atoms with E-state index in [1.807, 2.05) is 12.1 Å². The minimum absolute atomic E-state index is 0.0317. The number of aromatic nitrogens is 2. The summed E-state index contributed by atoms with van der Waals surface area (Å²) in [5, 5.41) is 8.86. The molecule has 0 fully saturated rings. The van der Waals surface area contributed by atoms with Gasteiger partial charge < -0.3 is 5.11 Å². The quantitative estimate of drug-likeness (QED) is 0.481. The summed E-state index contributed by atoms with van der Waals surface area (Å²) in [5.74, 6) is -1.06. The molecule has 0 bridgehead atoms. The highest BCUT2D eigenvalue weighted by Gasteiger charge is 2.06. The van der Waals surface area contributed by atoms with E-state index in [2.05, 4.69) is 29.0 Å². The molecule has 1 heterocycles. The molecule has 1 aromatic heterocycles. The van der Waals surface area contributed by atoms with Gasteiger partial charge in [-0.05, 0) is 18.4 Å². The number of unbranched alkanes of at least 4 members (excludes halogenated alkanes) is 8. The lowest BCUT2D eigenvalue weighted by Gasteiger charge is -2.05. The lowest BCUT2D eigenvalue weighted by atomic mass is 10.0. The van der Waals surface area contributed by atoms with Crippen LogP contribution in [0.15, 0.2) is 36.7 Å². The third-order valence-electron chi connectivity index (χ3n) is 4.69. The summed E-state index contributed by atoms with van der Waals surface area (Å²) in [6.07, 6.45) is 16.0. The first-order valence-electron chi connectivity index (χ1n) is 9.85. The van der Waals surface area contributed by atoms with E-state index in [9.17, 15) is 4.79 Å². The monoisotopic (exact) mass is 354 g/mol. The summed E-state index contributed by atoms with van der Waals surface area (Å²) in [4.78, 5) is 18.9. The minimum atomic E-state index is -1.06. The van der Waals surface area contributed by atoms with Gasteiger partial charge in [-0.2, -0.15) is 0 Å². The molecule has 0 aliphatic heterocycles. The maximum absolute atomic E-state index is 10.8. The number of aromatic carboxylic acids is 1. The van der Waals surface area contributed by atoms with Crippen molar-refractivity contribution in [2.45, 2.75) is 71.1 Å². The smallest absolute Gasteiger partial charge is 0.356 e.